The van der Waals surface area contributed by atoms with Gasteiger partial charge in [0.1, 0.15) is 0 Å². The molecule has 13 heavy (non-hydrogen) atoms. The summed E-state index contributed by atoms with van der Waals surface area (Å²) in [6, 6.07) is 0.622. The highest BCUT2D eigenvalue weighted by Gasteiger charge is 2.09. The Kier molecular flexibility index (Phi) is 3.45. The molecule has 1 aromatic heterocycles. The lowest BCUT2D eigenvalue weighted by molar-refractivity contribution is 0.529. The standard InChI is InChI=1S/C9H18N4/c1-7(2)13-6-8(5-12-13)9(4-10)11-3/h5-7,9,11H,4,10H2,1-3H3. The second kappa shape index (κ2) is 4.39. The fourth-order valence-corrected chi connectivity index (χ4v) is 1.24. The zero-order valence-corrected chi connectivity index (χ0v) is 8.49. The van der Waals surface area contributed by atoms with Gasteiger partial charge in [0.05, 0.1) is 6.20 Å². The zero-order valence-electron chi connectivity index (χ0n) is 8.49. The fourth-order valence-electron chi connectivity index (χ4n) is 1.24. The normalized spacial score (nSPS) is 13.6. The maximum absolute atomic E-state index is 5.60. The van der Waals surface area contributed by atoms with Crippen LogP contribution in [-0.4, -0.2) is 23.4 Å². The maximum Gasteiger partial charge on any atom is 0.0538 e. The van der Waals surface area contributed by atoms with E-state index in [0.29, 0.717) is 12.6 Å². The van der Waals surface area contributed by atoms with Crippen molar-refractivity contribution in [2.75, 3.05) is 13.6 Å². The van der Waals surface area contributed by atoms with Gasteiger partial charge in [-0.2, -0.15) is 5.10 Å². The van der Waals surface area contributed by atoms with Crippen LogP contribution in [0, 0.1) is 0 Å². The van der Waals surface area contributed by atoms with Crippen molar-refractivity contribution in [3.8, 4) is 0 Å². The van der Waals surface area contributed by atoms with Gasteiger partial charge >= 0.3 is 0 Å². The molecule has 0 radical (unpaired) electrons. The predicted molar refractivity (Wildman–Crippen MR) is 53.5 cm³/mol. The van der Waals surface area contributed by atoms with E-state index in [9.17, 15) is 0 Å². The van der Waals surface area contributed by atoms with Gasteiger partial charge in [-0.1, -0.05) is 0 Å². The fraction of sp³-hybridized carbons (Fsp3) is 0.667. The lowest BCUT2D eigenvalue weighted by Gasteiger charge is -2.10. The number of hydrogen-bond donors (Lipinski definition) is 2. The van der Waals surface area contributed by atoms with E-state index >= 15 is 0 Å². The zero-order chi connectivity index (χ0) is 9.84. The van der Waals surface area contributed by atoms with E-state index in [1.807, 2.05) is 24.1 Å². The molecule has 0 aliphatic rings. The second-order valence-electron chi connectivity index (χ2n) is 3.42. The van der Waals surface area contributed by atoms with Gasteiger partial charge in [-0.15, -0.1) is 0 Å². The Morgan fingerprint density at radius 3 is 2.69 bits per heavy atom. The first-order valence-electron chi connectivity index (χ1n) is 4.60. The maximum atomic E-state index is 5.60. The van der Waals surface area contributed by atoms with E-state index in [0.717, 1.165) is 5.56 Å². The number of hydrogen-bond acceptors (Lipinski definition) is 3. The van der Waals surface area contributed by atoms with Crippen LogP contribution in [-0.2, 0) is 0 Å². The monoisotopic (exact) mass is 182 g/mol. The summed E-state index contributed by atoms with van der Waals surface area (Å²) in [5.41, 5.74) is 6.75. The summed E-state index contributed by atoms with van der Waals surface area (Å²) >= 11 is 0. The average Bonchev–Trinajstić information content (AvgIpc) is 2.56. The smallest absolute Gasteiger partial charge is 0.0538 e. The number of nitrogens with one attached hydrogen (secondary N) is 1. The molecular weight excluding hydrogens is 164 g/mol. The second-order valence-corrected chi connectivity index (χ2v) is 3.42. The summed E-state index contributed by atoms with van der Waals surface area (Å²) in [6.45, 7) is 4.81. The van der Waals surface area contributed by atoms with E-state index in [1.165, 1.54) is 0 Å². The Labute approximate surface area is 79.1 Å². The lowest BCUT2D eigenvalue weighted by Crippen LogP contribution is -2.24. The van der Waals surface area contributed by atoms with E-state index in [4.69, 9.17) is 5.73 Å². The molecule has 0 aliphatic carbocycles. The van der Waals surface area contributed by atoms with Gasteiger partial charge in [0.15, 0.2) is 0 Å². The molecule has 1 aromatic rings. The first-order chi connectivity index (χ1) is 6.19. The highest BCUT2D eigenvalue weighted by atomic mass is 15.3. The molecule has 0 bridgehead atoms. The van der Waals surface area contributed by atoms with Crippen molar-refractivity contribution in [3.63, 3.8) is 0 Å². The van der Waals surface area contributed by atoms with Gasteiger partial charge in [0.2, 0.25) is 0 Å². The van der Waals surface area contributed by atoms with Crippen molar-refractivity contribution in [3.05, 3.63) is 18.0 Å². The number of likely N-dealkylation sites (N-methyl/N-ethyl adjacent to an activating group) is 1. The molecule has 1 atom stereocenters. The first-order valence-corrected chi connectivity index (χ1v) is 4.60. The number of nitrogens with two attached hydrogens (primary N) is 1. The summed E-state index contributed by atoms with van der Waals surface area (Å²) in [4.78, 5) is 0. The van der Waals surface area contributed by atoms with Crippen LogP contribution in [0.1, 0.15) is 31.5 Å². The third-order valence-electron chi connectivity index (χ3n) is 2.14. The van der Waals surface area contributed by atoms with Crippen LogP contribution in [0.15, 0.2) is 12.4 Å². The Morgan fingerprint density at radius 2 is 2.31 bits per heavy atom. The van der Waals surface area contributed by atoms with Gasteiger partial charge in [-0.05, 0) is 20.9 Å². The van der Waals surface area contributed by atoms with Gasteiger partial charge in [0.25, 0.3) is 0 Å². The quantitative estimate of drug-likeness (QED) is 0.720. The summed E-state index contributed by atoms with van der Waals surface area (Å²) in [7, 11) is 1.91. The molecule has 4 heteroatoms. The molecule has 0 spiro atoms. The number of nitrogens with zero attached hydrogens (tertiary/aromatic N) is 2. The van der Waals surface area contributed by atoms with Crippen molar-refractivity contribution < 1.29 is 0 Å². The van der Waals surface area contributed by atoms with E-state index in [2.05, 4.69) is 24.3 Å². The third kappa shape index (κ3) is 2.29. The van der Waals surface area contributed by atoms with Crippen LogP contribution in [0.4, 0.5) is 0 Å². The molecule has 0 amide bonds. The molecule has 0 aromatic carbocycles. The van der Waals surface area contributed by atoms with E-state index in [1.54, 1.807) is 0 Å². The Hall–Kier alpha value is -0.870. The topological polar surface area (TPSA) is 55.9 Å². The van der Waals surface area contributed by atoms with E-state index < -0.39 is 0 Å². The molecule has 1 rings (SSSR count). The van der Waals surface area contributed by atoms with Crippen molar-refractivity contribution in [1.82, 2.24) is 15.1 Å². The van der Waals surface area contributed by atoms with Crippen LogP contribution in [0.2, 0.25) is 0 Å². The van der Waals surface area contributed by atoms with Gasteiger partial charge in [0, 0.05) is 30.4 Å². The van der Waals surface area contributed by atoms with Crippen LogP contribution < -0.4 is 11.1 Å². The molecule has 1 heterocycles. The minimum Gasteiger partial charge on any atom is -0.329 e. The molecule has 4 nitrogen and oxygen atoms in total. The summed E-state index contributed by atoms with van der Waals surface area (Å²) < 4.78 is 1.94. The van der Waals surface area contributed by atoms with Crippen LogP contribution >= 0.6 is 0 Å². The molecule has 0 saturated carbocycles. The molecule has 0 aliphatic heterocycles. The average molecular weight is 182 g/mol. The summed E-state index contributed by atoms with van der Waals surface area (Å²) in [6.07, 6.45) is 3.91. The SMILES string of the molecule is CNC(CN)c1cnn(C(C)C)c1. The van der Waals surface area contributed by atoms with Crippen LogP contribution in [0.5, 0.6) is 0 Å². The van der Waals surface area contributed by atoms with Gasteiger partial charge < -0.3 is 11.1 Å². The Bertz CT molecular complexity index is 250. The van der Waals surface area contributed by atoms with E-state index in [-0.39, 0.29) is 6.04 Å². The van der Waals surface area contributed by atoms with Crippen molar-refractivity contribution >= 4 is 0 Å². The third-order valence-corrected chi connectivity index (χ3v) is 2.14. The molecule has 74 valence electrons. The lowest BCUT2D eigenvalue weighted by atomic mass is 10.2. The Balaban J connectivity index is 2.78. The highest BCUT2D eigenvalue weighted by molar-refractivity contribution is 5.10. The molecular formula is C9H18N4. The first kappa shape index (κ1) is 10.2. The summed E-state index contributed by atoms with van der Waals surface area (Å²) in [5.74, 6) is 0. The number of aromatic nitrogens is 2. The largest absolute Gasteiger partial charge is 0.329 e. The van der Waals surface area contributed by atoms with Crippen molar-refractivity contribution in [1.29, 1.82) is 0 Å². The minimum absolute atomic E-state index is 0.215. The van der Waals surface area contributed by atoms with Crippen molar-refractivity contribution in [2.24, 2.45) is 5.73 Å². The van der Waals surface area contributed by atoms with Gasteiger partial charge in [-0.25, -0.2) is 0 Å². The number of rotatable bonds is 4. The Morgan fingerprint density at radius 1 is 1.62 bits per heavy atom. The van der Waals surface area contributed by atoms with Crippen LogP contribution in [0.3, 0.4) is 0 Å². The molecule has 1 unspecified atom stereocenters. The van der Waals surface area contributed by atoms with Crippen LogP contribution in [0.25, 0.3) is 0 Å². The minimum atomic E-state index is 0.215. The molecule has 0 fully saturated rings. The summed E-state index contributed by atoms with van der Waals surface area (Å²) in [5, 5.41) is 7.40. The highest BCUT2D eigenvalue weighted by Crippen LogP contribution is 2.12. The molecule has 0 saturated heterocycles. The molecule has 3 N–H and O–H groups in total. The predicted octanol–water partition coefficient (Wildman–Crippen LogP) is 0.683. The van der Waals surface area contributed by atoms with Crippen molar-refractivity contribution in [2.45, 2.75) is 25.9 Å². The van der Waals surface area contributed by atoms with Gasteiger partial charge in [-0.3, -0.25) is 4.68 Å².